The molecular formula is C20H21BrN2O3. The average molecular weight is 417 g/mol. The molecule has 2 N–H and O–H groups in total. The van der Waals surface area contributed by atoms with E-state index in [4.69, 9.17) is 4.74 Å². The maximum atomic E-state index is 12.2. The SMILES string of the molecule is Cc1cc(OCC(=O)Nc2cccc(NC(=O)C3CC3)c2C)ccc1Br. The Balaban J connectivity index is 1.59. The molecule has 136 valence electrons. The zero-order valence-electron chi connectivity index (χ0n) is 14.8. The Morgan fingerprint density at radius 1 is 1.12 bits per heavy atom. The molecule has 2 aromatic carbocycles. The minimum Gasteiger partial charge on any atom is -0.484 e. The van der Waals surface area contributed by atoms with Crippen molar-refractivity contribution in [2.75, 3.05) is 17.2 Å². The largest absolute Gasteiger partial charge is 0.484 e. The van der Waals surface area contributed by atoms with Gasteiger partial charge in [0.2, 0.25) is 5.91 Å². The zero-order valence-corrected chi connectivity index (χ0v) is 16.4. The molecule has 5 nitrogen and oxygen atoms in total. The molecule has 0 bridgehead atoms. The number of ether oxygens (including phenoxy) is 1. The van der Waals surface area contributed by atoms with Gasteiger partial charge in [-0.05, 0) is 68.1 Å². The van der Waals surface area contributed by atoms with Crippen molar-refractivity contribution in [3.05, 3.63) is 52.0 Å². The Labute approximate surface area is 161 Å². The third-order valence-corrected chi connectivity index (χ3v) is 5.20. The number of aryl methyl sites for hydroxylation is 1. The summed E-state index contributed by atoms with van der Waals surface area (Å²) >= 11 is 3.43. The monoisotopic (exact) mass is 416 g/mol. The summed E-state index contributed by atoms with van der Waals surface area (Å²) in [5.41, 5.74) is 3.26. The van der Waals surface area contributed by atoms with Crippen LogP contribution in [0.1, 0.15) is 24.0 Å². The lowest BCUT2D eigenvalue weighted by Crippen LogP contribution is -2.21. The van der Waals surface area contributed by atoms with Crippen LogP contribution in [0.5, 0.6) is 5.75 Å². The van der Waals surface area contributed by atoms with Crippen molar-refractivity contribution in [1.29, 1.82) is 0 Å². The molecule has 2 aromatic rings. The summed E-state index contributed by atoms with van der Waals surface area (Å²) in [5, 5.41) is 5.77. The molecule has 6 heteroatoms. The van der Waals surface area contributed by atoms with Crippen molar-refractivity contribution in [2.24, 2.45) is 5.92 Å². The molecule has 2 amide bonds. The predicted octanol–water partition coefficient (Wildman–Crippen LogP) is 4.43. The Morgan fingerprint density at radius 2 is 1.81 bits per heavy atom. The van der Waals surface area contributed by atoms with Gasteiger partial charge in [0.05, 0.1) is 0 Å². The van der Waals surface area contributed by atoms with Gasteiger partial charge in [-0.15, -0.1) is 0 Å². The van der Waals surface area contributed by atoms with Crippen LogP contribution in [0.25, 0.3) is 0 Å². The first kappa shape index (κ1) is 18.5. The van der Waals surface area contributed by atoms with Gasteiger partial charge in [-0.2, -0.15) is 0 Å². The second kappa shape index (κ2) is 7.91. The van der Waals surface area contributed by atoms with Crippen molar-refractivity contribution < 1.29 is 14.3 Å². The van der Waals surface area contributed by atoms with E-state index in [0.29, 0.717) is 11.4 Å². The van der Waals surface area contributed by atoms with Gasteiger partial charge in [-0.25, -0.2) is 0 Å². The highest BCUT2D eigenvalue weighted by molar-refractivity contribution is 9.10. The van der Waals surface area contributed by atoms with E-state index in [1.54, 1.807) is 0 Å². The number of hydrogen-bond acceptors (Lipinski definition) is 3. The van der Waals surface area contributed by atoms with Crippen molar-refractivity contribution in [1.82, 2.24) is 0 Å². The quantitative estimate of drug-likeness (QED) is 0.731. The Kier molecular flexibility index (Phi) is 5.61. The number of rotatable bonds is 6. The highest BCUT2D eigenvalue weighted by Crippen LogP contribution is 2.31. The fraction of sp³-hybridized carbons (Fsp3) is 0.300. The fourth-order valence-corrected chi connectivity index (χ4v) is 2.78. The minimum absolute atomic E-state index is 0.0468. The molecule has 0 unspecified atom stereocenters. The molecule has 0 heterocycles. The van der Waals surface area contributed by atoms with E-state index in [1.807, 2.05) is 50.2 Å². The number of nitrogens with one attached hydrogen (secondary N) is 2. The number of hydrogen-bond donors (Lipinski definition) is 2. The zero-order chi connectivity index (χ0) is 18.7. The number of anilines is 2. The van der Waals surface area contributed by atoms with Crippen LogP contribution in [0.3, 0.4) is 0 Å². The summed E-state index contributed by atoms with van der Waals surface area (Å²) in [6.07, 6.45) is 1.91. The Hall–Kier alpha value is -2.34. The topological polar surface area (TPSA) is 67.4 Å². The van der Waals surface area contributed by atoms with Crippen molar-refractivity contribution >= 4 is 39.1 Å². The van der Waals surface area contributed by atoms with Gasteiger partial charge in [0.25, 0.3) is 5.91 Å². The predicted molar refractivity (Wildman–Crippen MR) is 106 cm³/mol. The molecule has 26 heavy (non-hydrogen) atoms. The number of halogens is 1. The molecule has 3 rings (SSSR count). The second-order valence-corrected chi connectivity index (χ2v) is 7.34. The average Bonchev–Trinajstić information content (AvgIpc) is 3.44. The van der Waals surface area contributed by atoms with Gasteiger partial charge < -0.3 is 15.4 Å². The van der Waals surface area contributed by atoms with E-state index >= 15 is 0 Å². The van der Waals surface area contributed by atoms with Crippen LogP contribution in [0.4, 0.5) is 11.4 Å². The van der Waals surface area contributed by atoms with Gasteiger partial charge in [0.1, 0.15) is 5.75 Å². The van der Waals surface area contributed by atoms with Gasteiger partial charge in [0, 0.05) is 21.8 Å². The molecule has 0 atom stereocenters. The minimum atomic E-state index is -0.251. The number of benzene rings is 2. The molecule has 0 spiro atoms. The van der Waals surface area contributed by atoms with E-state index in [2.05, 4.69) is 26.6 Å². The number of carbonyl (C=O) groups excluding carboxylic acids is 2. The first-order valence-corrected chi connectivity index (χ1v) is 9.32. The lowest BCUT2D eigenvalue weighted by Gasteiger charge is -2.14. The third kappa shape index (κ3) is 4.64. The third-order valence-electron chi connectivity index (χ3n) is 4.31. The molecular weight excluding hydrogens is 396 g/mol. The van der Waals surface area contributed by atoms with Crippen LogP contribution >= 0.6 is 15.9 Å². The highest BCUT2D eigenvalue weighted by atomic mass is 79.9. The van der Waals surface area contributed by atoms with Crippen LogP contribution in [0, 0.1) is 19.8 Å². The van der Waals surface area contributed by atoms with Crippen molar-refractivity contribution in [3.8, 4) is 5.75 Å². The second-order valence-electron chi connectivity index (χ2n) is 6.49. The molecule has 1 fully saturated rings. The van der Waals surface area contributed by atoms with Gasteiger partial charge in [-0.1, -0.05) is 22.0 Å². The lowest BCUT2D eigenvalue weighted by atomic mass is 10.1. The molecule has 1 saturated carbocycles. The lowest BCUT2D eigenvalue weighted by molar-refractivity contribution is -0.118. The molecule has 1 aliphatic carbocycles. The maximum absolute atomic E-state index is 12.2. The summed E-state index contributed by atoms with van der Waals surface area (Å²) < 4.78 is 6.54. The fourth-order valence-electron chi connectivity index (χ4n) is 2.53. The van der Waals surface area contributed by atoms with Gasteiger partial charge >= 0.3 is 0 Å². The van der Waals surface area contributed by atoms with E-state index < -0.39 is 0 Å². The van der Waals surface area contributed by atoms with E-state index in [9.17, 15) is 9.59 Å². The van der Waals surface area contributed by atoms with E-state index in [1.165, 1.54) is 0 Å². The summed E-state index contributed by atoms with van der Waals surface area (Å²) in [6, 6.07) is 11.0. The summed E-state index contributed by atoms with van der Waals surface area (Å²) in [5.74, 6) is 0.572. The molecule has 0 aromatic heterocycles. The van der Waals surface area contributed by atoms with E-state index in [0.717, 1.165) is 34.1 Å². The van der Waals surface area contributed by atoms with Crippen LogP contribution in [-0.2, 0) is 9.59 Å². The van der Waals surface area contributed by atoms with Gasteiger partial charge in [-0.3, -0.25) is 9.59 Å². The van der Waals surface area contributed by atoms with Crippen LogP contribution in [0.2, 0.25) is 0 Å². The standard InChI is InChI=1S/C20H21BrN2O3/c1-12-10-15(8-9-16(12)21)26-11-19(24)22-17-4-3-5-18(13(17)2)23-20(25)14-6-7-14/h3-5,8-10,14H,6-7,11H2,1-2H3,(H,22,24)(H,23,25). The highest BCUT2D eigenvalue weighted by Gasteiger charge is 2.29. The number of amides is 2. The summed E-state index contributed by atoms with van der Waals surface area (Å²) in [7, 11) is 0. The maximum Gasteiger partial charge on any atom is 0.262 e. The molecule has 0 aliphatic heterocycles. The van der Waals surface area contributed by atoms with E-state index in [-0.39, 0.29) is 24.3 Å². The normalized spacial score (nSPS) is 13.2. The van der Waals surface area contributed by atoms with Crippen LogP contribution in [-0.4, -0.2) is 18.4 Å². The Morgan fingerprint density at radius 3 is 2.46 bits per heavy atom. The molecule has 0 radical (unpaired) electrons. The van der Waals surface area contributed by atoms with Crippen molar-refractivity contribution in [2.45, 2.75) is 26.7 Å². The molecule has 1 aliphatic rings. The van der Waals surface area contributed by atoms with Crippen LogP contribution in [0.15, 0.2) is 40.9 Å². The Bertz CT molecular complexity index is 847. The number of carbonyl (C=O) groups is 2. The molecule has 0 saturated heterocycles. The summed E-state index contributed by atoms with van der Waals surface area (Å²) in [6.45, 7) is 3.75. The van der Waals surface area contributed by atoms with Crippen molar-refractivity contribution in [3.63, 3.8) is 0 Å². The first-order valence-electron chi connectivity index (χ1n) is 8.53. The smallest absolute Gasteiger partial charge is 0.262 e. The van der Waals surface area contributed by atoms with Gasteiger partial charge in [0.15, 0.2) is 6.61 Å². The van der Waals surface area contributed by atoms with Crippen LogP contribution < -0.4 is 15.4 Å². The first-order chi connectivity index (χ1) is 12.4. The summed E-state index contributed by atoms with van der Waals surface area (Å²) in [4.78, 5) is 24.2.